The quantitative estimate of drug-likeness (QED) is 0.709. The molecule has 0 unspecified atom stereocenters. The van der Waals surface area contributed by atoms with Crippen LogP contribution in [-0.2, 0) is 11.3 Å². The molecule has 0 bridgehead atoms. The van der Waals surface area contributed by atoms with E-state index in [1.807, 2.05) is 18.4 Å². The van der Waals surface area contributed by atoms with E-state index in [1.165, 1.54) is 6.92 Å². The number of aliphatic hydroxyl groups excluding tert-OH is 1. The molecule has 16 heavy (non-hydrogen) atoms. The number of aliphatic hydroxyl groups is 1. The van der Waals surface area contributed by atoms with Gasteiger partial charge in [0.15, 0.2) is 0 Å². The van der Waals surface area contributed by atoms with Gasteiger partial charge >= 0.3 is 0 Å². The maximum absolute atomic E-state index is 10.9. The number of carbonyl (C=O) groups is 1. The van der Waals surface area contributed by atoms with E-state index in [-0.39, 0.29) is 18.6 Å². The van der Waals surface area contributed by atoms with Gasteiger partial charge in [0, 0.05) is 24.4 Å². The molecule has 0 spiro atoms. The SMILES string of the molecule is CC[C@@H](CO)NCc1sccc1NC(C)=O. The van der Waals surface area contributed by atoms with E-state index in [0.717, 1.165) is 17.0 Å². The molecule has 1 atom stereocenters. The zero-order valence-electron chi connectivity index (χ0n) is 9.62. The summed E-state index contributed by atoms with van der Waals surface area (Å²) in [6.45, 7) is 4.33. The van der Waals surface area contributed by atoms with Crippen LogP contribution in [0.4, 0.5) is 5.69 Å². The molecule has 5 heteroatoms. The third-order valence-corrected chi connectivity index (χ3v) is 3.24. The molecule has 0 saturated heterocycles. The Morgan fingerprint density at radius 3 is 2.94 bits per heavy atom. The monoisotopic (exact) mass is 242 g/mol. The zero-order chi connectivity index (χ0) is 12.0. The van der Waals surface area contributed by atoms with Crippen molar-refractivity contribution in [3.8, 4) is 0 Å². The van der Waals surface area contributed by atoms with Gasteiger partial charge in [-0.05, 0) is 17.9 Å². The summed E-state index contributed by atoms with van der Waals surface area (Å²) in [4.78, 5) is 12.0. The van der Waals surface area contributed by atoms with Gasteiger partial charge in [-0.1, -0.05) is 6.92 Å². The molecule has 90 valence electrons. The van der Waals surface area contributed by atoms with Crippen molar-refractivity contribution in [1.82, 2.24) is 5.32 Å². The molecule has 1 rings (SSSR count). The zero-order valence-corrected chi connectivity index (χ0v) is 10.4. The lowest BCUT2D eigenvalue weighted by Gasteiger charge is -2.13. The number of amides is 1. The Hall–Kier alpha value is -0.910. The number of thiophene rings is 1. The van der Waals surface area contributed by atoms with Gasteiger partial charge in [0.05, 0.1) is 12.3 Å². The summed E-state index contributed by atoms with van der Waals surface area (Å²) in [6.07, 6.45) is 0.886. The van der Waals surface area contributed by atoms with Crippen molar-refractivity contribution in [3.05, 3.63) is 16.3 Å². The first-order valence-electron chi connectivity index (χ1n) is 5.35. The van der Waals surface area contributed by atoms with E-state index in [0.29, 0.717) is 6.54 Å². The maximum Gasteiger partial charge on any atom is 0.221 e. The molecule has 1 amide bonds. The molecular weight excluding hydrogens is 224 g/mol. The van der Waals surface area contributed by atoms with Crippen LogP contribution in [-0.4, -0.2) is 23.7 Å². The van der Waals surface area contributed by atoms with E-state index in [4.69, 9.17) is 5.11 Å². The highest BCUT2D eigenvalue weighted by Gasteiger charge is 2.08. The van der Waals surface area contributed by atoms with Crippen molar-refractivity contribution in [3.63, 3.8) is 0 Å². The van der Waals surface area contributed by atoms with Crippen LogP contribution in [0.5, 0.6) is 0 Å². The van der Waals surface area contributed by atoms with Crippen LogP contribution in [0, 0.1) is 0 Å². The van der Waals surface area contributed by atoms with Crippen molar-refractivity contribution in [1.29, 1.82) is 0 Å². The Morgan fingerprint density at radius 1 is 1.62 bits per heavy atom. The molecule has 0 radical (unpaired) electrons. The summed E-state index contributed by atoms with van der Waals surface area (Å²) in [7, 11) is 0. The summed E-state index contributed by atoms with van der Waals surface area (Å²) >= 11 is 1.60. The lowest BCUT2D eigenvalue weighted by Crippen LogP contribution is -2.31. The Balaban J connectivity index is 2.53. The Labute approximate surface area is 99.7 Å². The standard InChI is InChI=1S/C11H18N2O2S/c1-3-9(7-14)12-6-11-10(4-5-16-11)13-8(2)15/h4-5,9,12,14H,3,6-7H2,1-2H3,(H,13,15)/t9-/m0/s1. The van der Waals surface area contributed by atoms with E-state index in [9.17, 15) is 4.79 Å². The molecular formula is C11H18N2O2S. The third kappa shape index (κ3) is 3.92. The lowest BCUT2D eigenvalue weighted by atomic mass is 10.2. The van der Waals surface area contributed by atoms with Crippen molar-refractivity contribution < 1.29 is 9.90 Å². The number of hydrogen-bond donors (Lipinski definition) is 3. The van der Waals surface area contributed by atoms with E-state index < -0.39 is 0 Å². The second-order valence-corrected chi connectivity index (χ2v) is 4.61. The first-order valence-corrected chi connectivity index (χ1v) is 6.23. The van der Waals surface area contributed by atoms with Crippen LogP contribution < -0.4 is 10.6 Å². The molecule has 0 aliphatic carbocycles. The fraction of sp³-hybridized carbons (Fsp3) is 0.545. The predicted octanol–water partition coefficient (Wildman–Crippen LogP) is 1.57. The number of hydrogen-bond acceptors (Lipinski definition) is 4. The lowest BCUT2D eigenvalue weighted by molar-refractivity contribution is -0.114. The smallest absolute Gasteiger partial charge is 0.221 e. The second-order valence-electron chi connectivity index (χ2n) is 3.61. The fourth-order valence-electron chi connectivity index (χ4n) is 1.35. The molecule has 0 fully saturated rings. The Bertz CT molecular complexity index is 334. The van der Waals surface area contributed by atoms with Gasteiger partial charge in [-0.15, -0.1) is 11.3 Å². The Kier molecular flexibility index (Phi) is 5.45. The Morgan fingerprint density at radius 2 is 2.38 bits per heavy atom. The van der Waals surface area contributed by atoms with Crippen LogP contribution in [0.2, 0.25) is 0 Å². The van der Waals surface area contributed by atoms with Gasteiger partial charge in [0.2, 0.25) is 5.91 Å². The summed E-state index contributed by atoms with van der Waals surface area (Å²) in [5, 5.41) is 17.0. The van der Waals surface area contributed by atoms with Crippen molar-refractivity contribution >= 4 is 22.9 Å². The maximum atomic E-state index is 10.9. The largest absolute Gasteiger partial charge is 0.395 e. The van der Waals surface area contributed by atoms with Crippen molar-refractivity contribution in [2.75, 3.05) is 11.9 Å². The summed E-state index contributed by atoms with van der Waals surface area (Å²) in [5.41, 5.74) is 0.859. The molecule has 4 nitrogen and oxygen atoms in total. The van der Waals surface area contributed by atoms with Gasteiger partial charge in [0.25, 0.3) is 0 Å². The van der Waals surface area contributed by atoms with E-state index in [1.54, 1.807) is 11.3 Å². The molecule has 0 aromatic carbocycles. The minimum Gasteiger partial charge on any atom is -0.395 e. The number of rotatable bonds is 6. The third-order valence-electron chi connectivity index (χ3n) is 2.32. The predicted molar refractivity (Wildman–Crippen MR) is 66.6 cm³/mol. The summed E-state index contributed by atoms with van der Waals surface area (Å²) < 4.78 is 0. The van der Waals surface area contributed by atoms with E-state index >= 15 is 0 Å². The van der Waals surface area contributed by atoms with Gasteiger partial charge in [-0.2, -0.15) is 0 Å². The highest BCUT2D eigenvalue weighted by molar-refractivity contribution is 7.10. The van der Waals surface area contributed by atoms with Gasteiger partial charge < -0.3 is 15.7 Å². The number of carbonyl (C=O) groups excluding carboxylic acids is 1. The van der Waals surface area contributed by atoms with Gasteiger partial charge in [-0.25, -0.2) is 0 Å². The van der Waals surface area contributed by atoms with Crippen LogP contribution in [0.15, 0.2) is 11.4 Å². The molecule has 0 saturated carbocycles. The number of anilines is 1. The normalized spacial score (nSPS) is 12.4. The van der Waals surface area contributed by atoms with Crippen LogP contribution >= 0.6 is 11.3 Å². The van der Waals surface area contributed by atoms with Crippen molar-refractivity contribution in [2.45, 2.75) is 32.9 Å². The first kappa shape index (κ1) is 13.2. The topological polar surface area (TPSA) is 61.4 Å². The van der Waals surface area contributed by atoms with Crippen molar-refractivity contribution in [2.24, 2.45) is 0 Å². The molecule has 3 N–H and O–H groups in total. The number of nitrogens with one attached hydrogen (secondary N) is 2. The van der Waals surface area contributed by atoms with Crippen LogP contribution in [0.1, 0.15) is 25.1 Å². The van der Waals surface area contributed by atoms with Crippen LogP contribution in [0.25, 0.3) is 0 Å². The van der Waals surface area contributed by atoms with Crippen LogP contribution in [0.3, 0.4) is 0 Å². The molecule has 0 aliphatic heterocycles. The fourth-order valence-corrected chi connectivity index (χ4v) is 2.13. The highest BCUT2D eigenvalue weighted by Crippen LogP contribution is 2.22. The molecule has 1 heterocycles. The average molecular weight is 242 g/mol. The second kappa shape index (κ2) is 6.62. The minimum absolute atomic E-state index is 0.0613. The summed E-state index contributed by atoms with van der Waals surface area (Å²) in [5.74, 6) is -0.0613. The molecule has 1 aromatic rings. The molecule has 0 aliphatic rings. The van der Waals surface area contributed by atoms with Gasteiger partial charge in [-0.3, -0.25) is 4.79 Å². The van der Waals surface area contributed by atoms with E-state index in [2.05, 4.69) is 10.6 Å². The first-order chi connectivity index (χ1) is 7.67. The minimum atomic E-state index is -0.0613. The average Bonchev–Trinajstić information content (AvgIpc) is 2.66. The molecule has 1 aromatic heterocycles. The summed E-state index contributed by atoms with van der Waals surface area (Å²) in [6, 6.07) is 2.01. The van der Waals surface area contributed by atoms with Gasteiger partial charge in [0.1, 0.15) is 0 Å². The highest BCUT2D eigenvalue weighted by atomic mass is 32.1.